The van der Waals surface area contributed by atoms with Crippen molar-refractivity contribution in [2.45, 2.75) is 64.7 Å². The standard InChI is InChI=1S/C21H29N5O/c1-14-7-4-5-8-18(14)20-9-6-10-25(20)21(27)19-12-17(22-23-19)13-26-16(3)11-15(2)24-26/h4-5,7-8,11,17,19-20,22-23H,6,9-10,12-13H2,1-3H3. The maximum absolute atomic E-state index is 13.2. The van der Waals surface area contributed by atoms with Gasteiger partial charge in [0.05, 0.1) is 18.3 Å². The number of hydrogen-bond donors (Lipinski definition) is 2. The van der Waals surface area contributed by atoms with Gasteiger partial charge in [0, 0.05) is 18.3 Å². The van der Waals surface area contributed by atoms with Gasteiger partial charge < -0.3 is 4.90 Å². The fourth-order valence-electron chi connectivity index (χ4n) is 4.49. The van der Waals surface area contributed by atoms with E-state index in [1.807, 2.05) is 11.6 Å². The zero-order chi connectivity index (χ0) is 19.0. The summed E-state index contributed by atoms with van der Waals surface area (Å²) in [5.74, 6) is 0.212. The molecule has 0 saturated carbocycles. The van der Waals surface area contributed by atoms with Crippen LogP contribution in [0.3, 0.4) is 0 Å². The lowest BCUT2D eigenvalue weighted by Gasteiger charge is -2.28. The minimum atomic E-state index is -0.170. The maximum Gasteiger partial charge on any atom is 0.241 e. The van der Waals surface area contributed by atoms with Gasteiger partial charge in [0.25, 0.3) is 0 Å². The number of likely N-dealkylation sites (tertiary alicyclic amines) is 1. The summed E-state index contributed by atoms with van der Waals surface area (Å²) < 4.78 is 2.02. The molecule has 4 rings (SSSR count). The Kier molecular flexibility index (Phi) is 5.02. The summed E-state index contributed by atoms with van der Waals surface area (Å²) in [7, 11) is 0. The third kappa shape index (κ3) is 3.64. The van der Waals surface area contributed by atoms with Crippen molar-refractivity contribution < 1.29 is 4.79 Å². The van der Waals surface area contributed by atoms with Crippen molar-refractivity contribution >= 4 is 5.91 Å². The van der Waals surface area contributed by atoms with Crippen molar-refractivity contribution in [3.05, 3.63) is 52.8 Å². The van der Waals surface area contributed by atoms with Gasteiger partial charge in [-0.2, -0.15) is 5.10 Å². The molecule has 6 nitrogen and oxygen atoms in total. The van der Waals surface area contributed by atoms with E-state index in [0.29, 0.717) is 0 Å². The van der Waals surface area contributed by atoms with Crippen LogP contribution >= 0.6 is 0 Å². The van der Waals surface area contributed by atoms with Crippen LogP contribution in [0.25, 0.3) is 0 Å². The van der Waals surface area contributed by atoms with Crippen molar-refractivity contribution in [1.29, 1.82) is 0 Å². The third-order valence-electron chi connectivity index (χ3n) is 5.86. The van der Waals surface area contributed by atoms with E-state index in [1.165, 1.54) is 11.1 Å². The largest absolute Gasteiger partial charge is 0.334 e. The molecule has 0 bridgehead atoms. The number of benzene rings is 1. The molecule has 1 aromatic carbocycles. The highest BCUT2D eigenvalue weighted by atomic mass is 16.2. The lowest BCUT2D eigenvalue weighted by atomic mass is 9.98. The number of aryl methyl sites for hydroxylation is 3. The van der Waals surface area contributed by atoms with E-state index < -0.39 is 0 Å². The van der Waals surface area contributed by atoms with Crippen molar-refractivity contribution in [3.8, 4) is 0 Å². The van der Waals surface area contributed by atoms with E-state index in [0.717, 1.165) is 43.7 Å². The van der Waals surface area contributed by atoms with Crippen molar-refractivity contribution in [2.24, 2.45) is 0 Å². The van der Waals surface area contributed by atoms with E-state index in [4.69, 9.17) is 0 Å². The Balaban J connectivity index is 1.42. The summed E-state index contributed by atoms with van der Waals surface area (Å²) in [6.07, 6.45) is 2.90. The molecule has 3 unspecified atom stereocenters. The van der Waals surface area contributed by atoms with Crippen molar-refractivity contribution in [2.75, 3.05) is 6.54 Å². The number of carbonyl (C=O) groups excluding carboxylic acids is 1. The minimum absolute atomic E-state index is 0.170. The second-order valence-corrected chi connectivity index (χ2v) is 7.93. The van der Waals surface area contributed by atoms with Crippen LogP contribution in [0.4, 0.5) is 0 Å². The highest BCUT2D eigenvalue weighted by Crippen LogP contribution is 2.34. The van der Waals surface area contributed by atoms with Crippen molar-refractivity contribution in [1.82, 2.24) is 25.5 Å². The molecule has 1 aromatic heterocycles. The Morgan fingerprint density at radius 3 is 2.78 bits per heavy atom. The predicted octanol–water partition coefficient (Wildman–Crippen LogP) is 2.41. The van der Waals surface area contributed by atoms with Gasteiger partial charge in [0.2, 0.25) is 5.91 Å². The molecule has 2 aliphatic rings. The smallest absolute Gasteiger partial charge is 0.241 e. The van der Waals surface area contributed by atoms with E-state index in [2.05, 4.69) is 65.0 Å². The lowest BCUT2D eigenvalue weighted by Crippen LogP contribution is -2.45. The van der Waals surface area contributed by atoms with Gasteiger partial charge in [0.15, 0.2) is 0 Å². The Morgan fingerprint density at radius 1 is 1.22 bits per heavy atom. The Bertz CT molecular complexity index is 830. The first-order valence-corrected chi connectivity index (χ1v) is 9.91. The molecule has 27 heavy (non-hydrogen) atoms. The monoisotopic (exact) mass is 367 g/mol. The molecular weight excluding hydrogens is 338 g/mol. The van der Waals surface area contributed by atoms with Crippen LogP contribution in [0.15, 0.2) is 30.3 Å². The molecular formula is C21H29N5O. The number of hydrazine groups is 1. The zero-order valence-corrected chi connectivity index (χ0v) is 16.4. The first-order chi connectivity index (χ1) is 13.0. The molecule has 144 valence electrons. The van der Waals surface area contributed by atoms with Crippen LogP contribution in [0.5, 0.6) is 0 Å². The van der Waals surface area contributed by atoms with Gasteiger partial charge >= 0.3 is 0 Å². The van der Waals surface area contributed by atoms with Gasteiger partial charge in [-0.15, -0.1) is 0 Å². The molecule has 2 aliphatic heterocycles. The molecule has 2 fully saturated rings. The lowest BCUT2D eigenvalue weighted by molar-refractivity contribution is -0.134. The van der Waals surface area contributed by atoms with E-state index in [1.54, 1.807) is 0 Å². The summed E-state index contributed by atoms with van der Waals surface area (Å²) >= 11 is 0. The second-order valence-electron chi connectivity index (χ2n) is 7.93. The average Bonchev–Trinajstić information content (AvgIpc) is 3.36. The number of aromatic nitrogens is 2. The normalized spacial score (nSPS) is 25.3. The molecule has 1 amide bonds. The number of nitrogens with one attached hydrogen (secondary N) is 2. The summed E-state index contributed by atoms with van der Waals surface area (Å²) in [5, 5.41) is 4.54. The van der Waals surface area contributed by atoms with E-state index >= 15 is 0 Å². The van der Waals surface area contributed by atoms with Gasteiger partial charge in [-0.1, -0.05) is 24.3 Å². The maximum atomic E-state index is 13.2. The summed E-state index contributed by atoms with van der Waals surface area (Å²) in [4.78, 5) is 15.3. The van der Waals surface area contributed by atoms with Crippen LogP contribution in [-0.2, 0) is 11.3 Å². The molecule has 2 aromatic rings. The summed E-state index contributed by atoms with van der Waals surface area (Å²) in [6.45, 7) is 7.84. The molecule has 2 saturated heterocycles. The fourth-order valence-corrected chi connectivity index (χ4v) is 4.49. The highest BCUT2D eigenvalue weighted by Gasteiger charge is 2.38. The van der Waals surface area contributed by atoms with Crippen LogP contribution in [0.1, 0.15) is 47.8 Å². The topological polar surface area (TPSA) is 62.2 Å². The van der Waals surface area contributed by atoms with Gasteiger partial charge in [-0.25, -0.2) is 5.43 Å². The molecule has 0 radical (unpaired) electrons. The van der Waals surface area contributed by atoms with Crippen LogP contribution < -0.4 is 10.9 Å². The summed E-state index contributed by atoms with van der Waals surface area (Å²) in [6, 6.07) is 10.8. The fraction of sp³-hybridized carbons (Fsp3) is 0.524. The second kappa shape index (κ2) is 7.44. The zero-order valence-electron chi connectivity index (χ0n) is 16.4. The predicted molar refractivity (Wildman–Crippen MR) is 105 cm³/mol. The van der Waals surface area contributed by atoms with Crippen LogP contribution in [-0.4, -0.2) is 39.2 Å². The Labute approximate surface area is 160 Å². The molecule has 6 heteroatoms. The number of amides is 1. The number of rotatable bonds is 4. The molecule has 0 spiro atoms. The highest BCUT2D eigenvalue weighted by molar-refractivity contribution is 5.83. The number of carbonyl (C=O) groups is 1. The molecule has 3 atom stereocenters. The van der Waals surface area contributed by atoms with E-state index in [9.17, 15) is 4.79 Å². The van der Waals surface area contributed by atoms with E-state index in [-0.39, 0.29) is 24.0 Å². The quantitative estimate of drug-likeness (QED) is 0.871. The average molecular weight is 367 g/mol. The SMILES string of the molecule is Cc1cc(C)n(CC2CC(C(=O)N3CCCC3c3ccccc3C)NN2)n1. The van der Waals surface area contributed by atoms with Gasteiger partial charge in [0.1, 0.15) is 6.04 Å². The Hall–Kier alpha value is -2.18. The van der Waals surface area contributed by atoms with Gasteiger partial charge in [-0.05, 0) is 57.2 Å². The summed E-state index contributed by atoms with van der Waals surface area (Å²) in [5.41, 5.74) is 11.3. The minimum Gasteiger partial charge on any atom is -0.334 e. The molecule has 0 aliphatic carbocycles. The first kappa shape index (κ1) is 18.2. The molecule has 3 heterocycles. The number of hydrogen-bond acceptors (Lipinski definition) is 4. The Morgan fingerprint density at radius 2 is 2.04 bits per heavy atom. The van der Waals surface area contributed by atoms with Crippen LogP contribution in [0.2, 0.25) is 0 Å². The van der Waals surface area contributed by atoms with Gasteiger partial charge in [-0.3, -0.25) is 14.9 Å². The van der Waals surface area contributed by atoms with Crippen molar-refractivity contribution in [3.63, 3.8) is 0 Å². The first-order valence-electron chi connectivity index (χ1n) is 9.91. The molecule has 2 N–H and O–H groups in total. The third-order valence-corrected chi connectivity index (χ3v) is 5.86. The number of nitrogens with zero attached hydrogens (tertiary/aromatic N) is 3. The van der Waals surface area contributed by atoms with Crippen LogP contribution in [0, 0.1) is 20.8 Å².